The van der Waals surface area contributed by atoms with Crippen molar-refractivity contribution in [1.29, 1.82) is 0 Å². The van der Waals surface area contributed by atoms with Crippen LogP contribution in [0.5, 0.6) is 0 Å². The fourth-order valence-corrected chi connectivity index (χ4v) is 3.10. The van der Waals surface area contributed by atoms with Crippen LogP contribution < -0.4 is 0 Å². The zero-order valence-corrected chi connectivity index (χ0v) is 13.4. The SMILES string of the molecule is CCC1CN(Cc2nnn(C)n2)CCN1Cc1ccccc1. The van der Waals surface area contributed by atoms with Crippen LogP contribution in [0.4, 0.5) is 0 Å². The maximum atomic E-state index is 4.28. The van der Waals surface area contributed by atoms with E-state index in [0.717, 1.165) is 45.0 Å². The molecule has 22 heavy (non-hydrogen) atoms. The van der Waals surface area contributed by atoms with Gasteiger partial charge in [0.25, 0.3) is 0 Å². The number of hydrogen-bond acceptors (Lipinski definition) is 5. The summed E-state index contributed by atoms with van der Waals surface area (Å²) in [5.41, 5.74) is 1.39. The molecule has 0 amide bonds. The highest BCUT2D eigenvalue weighted by atomic mass is 15.6. The Morgan fingerprint density at radius 3 is 2.64 bits per heavy atom. The van der Waals surface area contributed by atoms with Gasteiger partial charge in [-0.2, -0.15) is 4.80 Å². The van der Waals surface area contributed by atoms with E-state index in [1.54, 1.807) is 0 Å². The first-order valence-electron chi connectivity index (χ1n) is 7.98. The van der Waals surface area contributed by atoms with Gasteiger partial charge in [0.05, 0.1) is 13.6 Å². The lowest BCUT2D eigenvalue weighted by Crippen LogP contribution is -2.52. The third-order valence-corrected chi connectivity index (χ3v) is 4.30. The quantitative estimate of drug-likeness (QED) is 0.833. The average Bonchev–Trinajstić information content (AvgIpc) is 2.95. The maximum Gasteiger partial charge on any atom is 0.188 e. The smallest absolute Gasteiger partial charge is 0.188 e. The van der Waals surface area contributed by atoms with Crippen molar-refractivity contribution in [2.45, 2.75) is 32.5 Å². The van der Waals surface area contributed by atoms with Gasteiger partial charge >= 0.3 is 0 Å². The molecule has 118 valence electrons. The predicted octanol–water partition coefficient (Wildman–Crippen LogP) is 1.31. The Morgan fingerprint density at radius 1 is 1.14 bits per heavy atom. The van der Waals surface area contributed by atoms with Gasteiger partial charge in [-0.25, -0.2) is 0 Å². The monoisotopic (exact) mass is 300 g/mol. The molecule has 1 unspecified atom stereocenters. The fourth-order valence-electron chi connectivity index (χ4n) is 3.10. The van der Waals surface area contributed by atoms with Crippen LogP contribution in [0.1, 0.15) is 24.7 Å². The number of tetrazole rings is 1. The van der Waals surface area contributed by atoms with Crippen LogP contribution in [0.25, 0.3) is 0 Å². The Morgan fingerprint density at radius 2 is 1.95 bits per heavy atom. The van der Waals surface area contributed by atoms with E-state index < -0.39 is 0 Å². The molecule has 0 bridgehead atoms. The summed E-state index contributed by atoms with van der Waals surface area (Å²) < 4.78 is 0. The van der Waals surface area contributed by atoms with Crippen LogP contribution in [0.2, 0.25) is 0 Å². The normalized spacial score (nSPS) is 20.4. The Kier molecular flexibility index (Phi) is 4.80. The van der Waals surface area contributed by atoms with E-state index in [1.165, 1.54) is 10.4 Å². The van der Waals surface area contributed by atoms with Crippen molar-refractivity contribution in [1.82, 2.24) is 30.0 Å². The van der Waals surface area contributed by atoms with Gasteiger partial charge in [0.15, 0.2) is 5.82 Å². The van der Waals surface area contributed by atoms with Gasteiger partial charge in [-0.3, -0.25) is 9.80 Å². The summed E-state index contributed by atoms with van der Waals surface area (Å²) in [6, 6.07) is 11.3. The molecule has 1 aliphatic rings. The molecule has 1 aromatic carbocycles. The summed E-state index contributed by atoms with van der Waals surface area (Å²) in [5, 5.41) is 12.3. The van der Waals surface area contributed by atoms with Gasteiger partial charge in [0.1, 0.15) is 0 Å². The van der Waals surface area contributed by atoms with Crippen LogP contribution in [-0.4, -0.2) is 55.7 Å². The van der Waals surface area contributed by atoms with Gasteiger partial charge in [0, 0.05) is 32.2 Å². The second-order valence-electron chi connectivity index (χ2n) is 5.95. The summed E-state index contributed by atoms with van der Waals surface area (Å²) in [6.45, 7) is 7.32. The molecule has 6 nitrogen and oxygen atoms in total. The zero-order chi connectivity index (χ0) is 15.4. The number of hydrogen-bond donors (Lipinski definition) is 0. The molecule has 2 heterocycles. The molecule has 0 saturated carbocycles. The fraction of sp³-hybridized carbons (Fsp3) is 0.562. The largest absolute Gasteiger partial charge is 0.294 e. The number of nitrogens with zero attached hydrogens (tertiary/aromatic N) is 6. The van der Waals surface area contributed by atoms with Crippen LogP contribution >= 0.6 is 0 Å². The third kappa shape index (κ3) is 3.69. The molecule has 1 atom stereocenters. The Labute approximate surface area is 131 Å². The molecule has 0 aliphatic carbocycles. The lowest BCUT2D eigenvalue weighted by atomic mass is 10.1. The minimum Gasteiger partial charge on any atom is -0.294 e. The first-order chi connectivity index (χ1) is 10.7. The van der Waals surface area contributed by atoms with Crippen molar-refractivity contribution < 1.29 is 0 Å². The van der Waals surface area contributed by atoms with Crippen molar-refractivity contribution in [2.24, 2.45) is 7.05 Å². The minimum absolute atomic E-state index is 0.589. The molecule has 0 N–H and O–H groups in total. The Balaban J connectivity index is 1.58. The Hall–Kier alpha value is -1.79. The molecule has 0 radical (unpaired) electrons. The molecule has 6 heteroatoms. The number of benzene rings is 1. The molecule has 2 aromatic rings. The van der Waals surface area contributed by atoms with Crippen LogP contribution in [-0.2, 0) is 20.1 Å². The van der Waals surface area contributed by atoms with Gasteiger partial charge < -0.3 is 0 Å². The highest BCUT2D eigenvalue weighted by molar-refractivity contribution is 5.14. The van der Waals surface area contributed by atoms with Crippen LogP contribution in [0.3, 0.4) is 0 Å². The molecular weight excluding hydrogens is 276 g/mol. The number of aryl methyl sites for hydroxylation is 1. The number of rotatable bonds is 5. The molecule has 1 saturated heterocycles. The zero-order valence-electron chi connectivity index (χ0n) is 13.4. The van der Waals surface area contributed by atoms with Crippen LogP contribution in [0, 0.1) is 0 Å². The van der Waals surface area contributed by atoms with E-state index in [4.69, 9.17) is 0 Å². The first-order valence-corrected chi connectivity index (χ1v) is 7.98. The van der Waals surface area contributed by atoms with E-state index in [-0.39, 0.29) is 0 Å². The standard InChI is InChI=1S/C16H24N6/c1-3-15-12-21(13-16-17-19-20(2)18-16)9-10-22(15)11-14-7-5-4-6-8-14/h4-8,15H,3,9-13H2,1-2H3. The highest BCUT2D eigenvalue weighted by Crippen LogP contribution is 2.17. The van der Waals surface area contributed by atoms with Gasteiger partial charge in [-0.1, -0.05) is 37.3 Å². The number of piperazine rings is 1. The maximum absolute atomic E-state index is 4.28. The summed E-state index contributed by atoms with van der Waals surface area (Å²) in [6.07, 6.45) is 1.16. The van der Waals surface area contributed by atoms with Crippen molar-refractivity contribution in [2.75, 3.05) is 19.6 Å². The summed E-state index contributed by atoms with van der Waals surface area (Å²) in [4.78, 5) is 6.56. The summed E-state index contributed by atoms with van der Waals surface area (Å²) in [7, 11) is 1.81. The molecule has 0 spiro atoms. The van der Waals surface area contributed by atoms with E-state index >= 15 is 0 Å². The van der Waals surface area contributed by atoms with Crippen molar-refractivity contribution in [3.8, 4) is 0 Å². The molecule has 1 fully saturated rings. The number of aromatic nitrogens is 4. The molecule has 1 aromatic heterocycles. The molecular formula is C16H24N6. The van der Waals surface area contributed by atoms with E-state index in [0.29, 0.717) is 6.04 Å². The first kappa shape index (κ1) is 15.1. The van der Waals surface area contributed by atoms with Crippen LogP contribution in [0.15, 0.2) is 30.3 Å². The third-order valence-electron chi connectivity index (χ3n) is 4.30. The topological polar surface area (TPSA) is 50.1 Å². The minimum atomic E-state index is 0.589. The predicted molar refractivity (Wildman–Crippen MR) is 85.0 cm³/mol. The summed E-state index contributed by atoms with van der Waals surface area (Å²) in [5.74, 6) is 0.814. The van der Waals surface area contributed by atoms with Gasteiger partial charge in [0.2, 0.25) is 0 Å². The van der Waals surface area contributed by atoms with E-state index in [9.17, 15) is 0 Å². The molecule has 3 rings (SSSR count). The van der Waals surface area contributed by atoms with Gasteiger partial charge in [-0.05, 0) is 17.2 Å². The second kappa shape index (κ2) is 6.98. The summed E-state index contributed by atoms with van der Waals surface area (Å²) >= 11 is 0. The lowest BCUT2D eigenvalue weighted by Gasteiger charge is -2.40. The molecule has 1 aliphatic heterocycles. The van der Waals surface area contributed by atoms with Gasteiger partial charge in [-0.15, -0.1) is 10.2 Å². The average molecular weight is 300 g/mol. The second-order valence-corrected chi connectivity index (χ2v) is 5.95. The Bertz CT molecular complexity index is 581. The highest BCUT2D eigenvalue weighted by Gasteiger charge is 2.26. The van der Waals surface area contributed by atoms with E-state index in [2.05, 4.69) is 62.5 Å². The van der Waals surface area contributed by atoms with E-state index in [1.807, 2.05) is 7.05 Å². The van der Waals surface area contributed by atoms with Crippen molar-refractivity contribution in [3.05, 3.63) is 41.7 Å². The van der Waals surface area contributed by atoms with Crippen molar-refractivity contribution in [3.63, 3.8) is 0 Å². The van der Waals surface area contributed by atoms with Crippen molar-refractivity contribution >= 4 is 0 Å². The lowest BCUT2D eigenvalue weighted by molar-refractivity contribution is 0.0606.